The molecule has 2 atom stereocenters. The number of hydrogen-bond donors (Lipinski definition) is 3. The smallest absolute Gasteiger partial charge is 0.244 e. The summed E-state index contributed by atoms with van der Waals surface area (Å²) >= 11 is 0. The minimum atomic E-state index is -3.80. The Labute approximate surface area is 131 Å². The second-order valence-corrected chi connectivity index (χ2v) is 7.05. The first kappa shape index (κ1) is 18.6. The standard InChI is InChI=1S/C13H25N5O3S/c1-8(14-5)7-15-13(19)10(3)17-22(20,21)12-9(2)16-18(6)11(12)4/h8,10,14,17H,7H2,1-6H3,(H,15,19). The van der Waals surface area contributed by atoms with Crippen LogP contribution in [0.4, 0.5) is 0 Å². The van der Waals surface area contributed by atoms with Crippen molar-refractivity contribution >= 4 is 15.9 Å². The number of hydrogen-bond acceptors (Lipinski definition) is 5. The number of aromatic nitrogens is 2. The normalized spacial score (nSPS) is 14.6. The number of rotatable bonds is 7. The van der Waals surface area contributed by atoms with Gasteiger partial charge in [-0.05, 0) is 34.7 Å². The topological polar surface area (TPSA) is 105 Å². The van der Waals surface area contributed by atoms with Crippen LogP contribution < -0.4 is 15.4 Å². The van der Waals surface area contributed by atoms with Crippen LogP contribution in [-0.2, 0) is 21.9 Å². The maximum Gasteiger partial charge on any atom is 0.244 e. The number of nitrogens with zero attached hydrogens (tertiary/aromatic N) is 2. The van der Waals surface area contributed by atoms with Crippen LogP contribution in [0.3, 0.4) is 0 Å². The molecule has 1 heterocycles. The largest absolute Gasteiger partial charge is 0.353 e. The van der Waals surface area contributed by atoms with E-state index in [4.69, 9.17) is 0 Å². The van der Waals surface area contributed by atoms with Gasteiger partial charge in [-0.25, -0.2) is 8.42 Å². The fraction of sp³-hybridized carbons (Fsp3) is 0.692. The molecule has 0 bridgehead atoms. The first-order chi connectivity index (χ1) is 10.1. The lowest BCUT2D eigenvalue weighted by Crippen LogP contribution is -2.47. The Morgan fingerprint density at radius 3 is 2.36 bits per heavy atom. The molecule has 0 aliphatic rings. The van der Waals surface area contributed by atoms with Crippen molar-refractivity contribution < 1.29 is 13.2 Å². The molecule has 0 fully saturated rings. The molecule has 22 heavy (non-hydrogen) atoms. The third-order valence-corrected chi connectivity index (χ3v) is 5.30. The second-order valence-electron chi connectivity index (χ2n) is 5.40. The van der Waals surface area contributed by atoms with Crippen LogP contribution >= 0.6 is 0 Å². The van der Waals surface area contributed by atoms with Gasteiger partial charge in [-0.1, -0.05) is 0 Å². The van der Waals surface area contributed by atoms with E-state index in [0.29, 0.717) is 17.9 Å². The van der Waals surface area contributed by atoms with Gasteiger partial charge < -0.3 is 10.6 Å². The molecule has 1 aromatic rings. The average molecular weight is 331 g/mol. The molecule has 0 spiro atoms. The van der Waals surface area contributed by atoms with E-state index in [1.54, 1.807) is 27.9 Å². The van der Waals surface area contributed by atoms with Crippen LogP contribution in [0.1, 0.15) is 25.2 Å². The van der Waals surface area contributed by atoms with E-state index in [2.05, 4.69) is 20.5 Å². The Morgan fingerprint density at radius 2 is 1.91 bits per heavy atom. The van der Waals surface area contributed by atoms with Crippen molar-refractivity contribution in [3.05, 3.63) is 11.4 Å². The van der Waals surface area contributed by atoms with Crippen molar-refractivity contribution in [2.24, 2.45) is 7.05 Å². The lowest BCUT2D eigenvalue weighted by Gasteiger charge is -2.16. The van der Waals surface area contributed by atoms with E-state index in [0.717, 1.165) is 0 Å². The zero-order valence-corrected chi connectivity index (χ0v) is 14.7. The highest BCUT2D eigenvalue weighted by atomic mass is 32.2. The van der Waals surface area contributed by atoms with Gasteiger partial charge in [0.1, 0.15) is 4.90 Å². The minimum Gasteiger partial charge on any atom is -0.353 e. The molecule has 1 aromatic heterocycles. The highest BCUT2D eigenvalue weighted by molar-refractivity contribution is 7.89. The van der Waals surface area contributed by atoms with Crippen LogP contribution in [0.15, 0.2) is 4.90 Å². The maximum absolute atomic E-state index is 12.4. The monoisotopic (exact) mass is 331 g/mol. The molecule has 0 radical (unpaired) electrons. The molecule has 3 N–H and O–H groups in total. The third-order valence-electron chi connectivity index (χ3n) is 3.51. The van der Waals surface area contributed by atoms with Crippen molar-refractivity contribution in [3.8, 4) is 0 Å². The number of carbonyl (C=O) groups is 1. The van der Waals surface area contributed by atoms with E-state index in [1.807, 2.05) is 6.92 Å². The predicted molar refractivity (Wildman–Crippen MR) is 84.0 cm³/mol. The van der Waals surface area contributed by atoms with Gasteiger partial charge in [-0.15, -0.1) is 0 Å². The van der Waals surface area contributed by atoms with Gasteiger partial charge in [-0.2, -0.15) is 9.82 Å². The summed E-state index contributed by atoms with van der Waals surface area (Å²) in [6.07, 6.45) is 0. The summed E-state index contributed by atoms with van der Waals surface area (Å²) in [6, 6.07) is -0.761. The summed E-state index contributed by atoms with van der Waals surface area (Å²) < 4.78 is 28.8. The Balaban J connectivity index is 2.82. The van der Waals surface area contributed by atoms with Crippen molar-refractivity contribution in [2.45, 2.75) is 44.7 Å². The lowest BCUT2D eigenvalue weighted by atomic mass is 10.3. The zero-order valence-electron chi connectivity index (χ0n) is 13.9. The minimum absolute atomic E-state index is 0.107. The predicted octanol–water partition coefficient (Wildman–Crippen LogP) is -0.572. The summed E-state index contributed by atoms with van der Waals surface area (Å²) in [5.74, 6) is -0.370. The third kappa shape index (κ3) is 4.28. The summed E-state index contributed by atoms with van der Waals surface area (Å²) in [4.78, 5) is 12.1. The number of likely N-dealkylation sites (N-methyl/N-ethyl adjacent to an activating group) is 1. The van der Waals surface area contributed by atoms with Crippen LogP contribution in [-0.4, -0.2) is 49.8 Å². The molecule has 0 saturated carbocycles. The summed E-state index contributed by atoms with van der Waals surface area (Å²) in [6.45, 7) is 7.15. The zero-order chi connectivity index (χ0) is 17.1. The summed E-state index contributed by atoms with van der Waals surface area (Å²) in [7, 11) is -0.333. The first-order valence-electron chi connectivity index (χ1n) is 7.07. The van der Waals surface area contributed by atoms with Crippen LogP contribution in [0.25, 0.3) is 0 Å². The van der Waals surface area contributed by atoms with Gasteiger partial charge in [0, 0.05) is 19.6 Å². The maximum atomic E-state index is 12.4. The number of sulfonamides is 1. The van der Waals surface area contributed by atoms with Crippen molar-refractivity contribution in [1.82, 2.24) is 25.1 Å². The molecule has 2 unspecified atom stereocenters. The molecule has 8 nitrogen and oxygen atoms in total. The van der Waals surface area contributed by atoms with Crippen LogP contribution in [0, 0.1) is 13.8 Å². The van der Waals surface area contributed by atoms with Gasteiger partial charge in [0.05, 0.1) is 17.4 Å². The first-order valence-corrected chi connectivity index (χ1v) is 8.56. The lowest BCUT2D eigenvalue weighted by molar-refractivity contribution is -0.122. The Hall–Kier alpha value is -1.45. The Bertz CT molecular complexity index is 638. The summed E-state index contributed by atoms with van der Waals surface area (Å²) in [5, 5.41) is 9.77. The fourth-order valence-corrected chi connectivity index (χ4v) is 3.64. The molecule has 0 aromatic carbocycles. The van der Waals surface area contributed by atoms with E-state index in [9.17, 15) is 13.2 Å². The molecule has 0 aliphatic carbocycles. The average Bonchev–Trinajstić information content (AvgIpc) is 2.68. The highest BCUT2D eigenvalue weighted by Gasteiger charge is 2.27. The molecular weight excluding hydrogens is 306 g/mol. The van der Waals surface area contributed by atoms with E-state index < -0.39 is 16.1 Å². The quantitative estimate of drug-likeness (QED) is 0.620. The Kier molecular flexibility index (Phi) is 6.09. The highest BCUT2D eigenvalue weighted by Crippen LogP contribution is 2.18. The number of amides is 1. The number of nitrogens with one attached hydrogen (secondary N) is 3. The Morgan fingerprint density at radius 1 is 1.32 bits per heavy atom. The second kappa shape index (κ2) is 7.21. The van der Waals surface area contributed by atoms with E-state index in [-0.39, 0.29) is 16.8 Å². The van der Waals surface area contributed by atoms with Gasteiger partial charge in [0.25, 0.3) is 0 Å². The SMILES string of the molecule is CNC(C)CNC(=O)C(C)NS(=O)(=O)c1c(C)nn(C)c1C. The van der Waals surface area contributed by atoms with Gasteiger partial charge in [0.15, 0.2) is 0 Å². The molecule has 9 heteroatoms. The molecule has 0 saturated heterocycles. The molecular formula is C13H25N5O3S. The van der Waals surface area contributed by atoms with Crippen molar-refractivity contribution in [3.63, 3.8) is 0 Å². The number of carbonyl (C=O) groups excluding carboxylic acids is 1. The summed E-state index contributed by atoms with van der Waals surface area (Å²) in [5.41, 5.74) is 0.935. The molecule has 1 amide bonds. The molecule has 126 valence electrons. The molecule has 1 rings (SSSR count). The van der Waals surface area contributed by atoms with E-state index >= 15 is 0 Å². The van der Waals surface area contributed by atoms with Crippen LogP contribution in [0.2, 0.25) is 0 Å². The number of aryl methyl sites for hydroxylation is 2. The fourth-order valence-electron chi connectivity index (χ4n) is 2.00. The van der Waals surface area contributed by atoms with Gasteiger partial charge in [0.2, 0.25) is 15.9 Å². The van der Waals surface area contributed by atoms with Crippen molar-refractivity contribution in [1.29, 1.82) is 0 Å². The van der Waals surface area contributed by atoms with Crippen LogP contribution in [0.5, 0.6) is 0 Å². The van der Waals surface area contributed by atoms with E-state index in [1.165, 1.54) is 11.6 Å². The van der Waals surface area contributed by atoms with Crippen molar-refractivity contribution in [2.75, 3.05) is 13.6 Å². The molecule has 0 aliphatic heterocycles. The van der Waals surface area contributed by atoms with Gasteiger partial charge in [-0.3, -0.25) is 9.48 Å². The van der Waals surface area contributed by atoms with Gasteiger partial charge >= 0.3 is 0 Å².